The van der Waals surface area contributed by atoms with Crippen molar-refractivity contribution in [2.75, 3.05) is 13.7 Å². The molecule has 1 unspecified atom stereocenters. The summed E-state index contributed by atoms with van der Waals surface area (Å²) >= 11 is 6.46. The fourth-order valence-corrected chi connectivity index (χ4v) is 4.88. The van der Waals surface area contributed by atoms with E-state index in [9.17, 15) is 20.4 Å². The van der Waals surface area contributed by atoms with Crippen molar-refractivity contribution in [3.05, 3.63) is 64.2 Å². The van der Waals surface area contributed by atoms with Crippen molar-refractivity contribution in [2.24, 2.45) is 0 Å². The third-order valence-corrected chi connectivity index (χ3v) is 6.99. The van der Waals surface area contributed by atoms with Crippen LogP contribution in [-0.4, -0.2) is 64.7 Å². The van der Waals surface area contributed by atoms with Gasteiger partial charge in [-0.3, -0.25) is 0 Å². The van der Waals surface area contributed by atoms with E-state index in [0.29, 0.717) is 23.1 Å². The Labute approximate surface area is 198 Å². The highest BCUT2D eigenvalue weighted by molar-refractivity contribution is 6.31. The molecule has 4 rings (SSSR count). The second kappa shape index (κ2) is 10.3. The van der Waals surface area contributed by atoms with Crippen molar-refractivity contribution in [3.8, 4) is 5.75 Å². The van der Waals surface area contributed by atoms with Gasteiger partial charge in [-0.15, -0.1) is 0 Å². The molecule has 1 aliphatic carbocycles. The van der Waals surface area contributed by atoms with E-state index in [1.54, 1.807) is 18.2 Å². The maximum Gasteiger partial charge on any atom is 0.224 e. The maximum absolute atomic E-state index is 10.7. The van der Waals surface area contributed by atoms with E-state index in [1.807, 2.05) is 24.3 Å². The van der Waals surface area contributed by atoms with Crippen molar-refractivity contribution < 1.29 is 34.6 Å². The lowest BCUT2D eigenvalue weighted by atomic mass is 9.87. The number of hydrogen-bond acceptors (Lipinski definition) is 7. The Morgan fingerprint density at radius 2 is 1.73 bits per heavy atom. The highest BCUT2D eigenvalue weighted by Gasteiger charge is 2.55. The van der Waals surface area contributed by atoms with Gasteiger partial charge >= 0.3 is 0 Å². The Bertz CT molecular complexity index is 929. The van der Waals surface area contributed by atoms with Crippen molar-refractivity contribution in [1.29, 1.82) is 0 Å². The quantitative estimate of drug-likeness (QED) is 0.484. The molecule has 0 amide bonds. The summed E-state index contributed by atoms with van der Waals surface area (Å²) in [6.07, 6.45) is -0.290. The monoisotopic (exact) mass is 478 g/mol. The molecule has 1 saturated heterocycles. The summed E-state index contributed by atoms with van der Waals surface area (Å²) in [5.74, 6) is -0.921. The highest BCUT2D eigenvalue weighted by Crippen LogP contribution is 2.40. The standard InChI is InChI=1S/C25H31ClO7/c1-31-25(24(30)23(29)22(28)21(14-27)33-25)17-8-11-20(26)16(13-17)12-15-6-9-19(10-7-15)32-18-4-2-3-5-18/h6-11,13,18,21-24,27-30H,2-5,12,14H2,1H3/t21-,22-,23+,24-,25?/m1/s1. The van der Waals surface area contributed by atoms with Crippen LogP contribution in [0.5, 0.6) is 5.75 Å². The summed E-state index contributed by atoms with van der Waals surface area (Å²) in [5.41, 5.74) is 2.21. The predicted octanol–water partition coefficient (Wildman–Crippen LogP) is 2.53. The van der Waals surface area contributed by atoms with Crippen LogP contribution in [0.1, 0.15) is 42.4 Å². The molecule has 4 N–H and O–H groups in total. The molecule has 1 aliphatic heterocycles. The SMILES string of the molecule is COC1(c2ccc(Cl)c(Cc3ccc(OC4CCCC4)cc3)c2)O[C@H](CO)[C@@H](O)[C@H](O)[C@H]1O. The molecule has 0 radical (unpaired) electrons. The molecule has 2 fully saturated rings. The van der Waals surface area contributed by atoms with Crippen molar-refractivity contribution in [2.45, 2.75) is 68.4 Å². The van der Waals surface area contributed by atoms with Crippen LogP contribution in [0.25, 0.3) is 0 Å². The number of halogens is 1. The topological polar surface area (TPSA) is 109 Å². The first kappa shape index (κ1) is 24.4. The molecule has 1 heterocycles. The largest absolute Gasteiger partial charge is 0.490 e. The zero-order valence-electron chi connectivity index (χ0n) is 18.6. The van der Waals surface area contributed by atoms with E-state index in [2.05, 4.69) is 0 Å². The molecule has 1 saturated carbocycles. The average Bonchev–Trinajstić information content (AvgIpc) is 3.34. The minimum atomic E-state index is -1.77. The Balaban J connectivity index is 1.57. The minimum Gasteiger partial charge on any atom is -0.490 e. The van der Waals surface area contributed by atoms with E-state index in [1.165, 1.54) is 20.0 Å². The van der Waals surface area contributed by atoms with Crippen molar-refractivity contribution >= 4 is 11.6 Å². The molecule has 0 spiro atoms. The molecular weight excluding hydrogens is 448 g/mol. The zero-order chi connectivity index (χ0) is 23.6. The van der Waals surface area contributed by atoms with Gasteiger partial charge in [0.2, 0.25) is 5.79 Å². The molecule has 5 atom stereocenters. The van der Waals surface area contributed by atoms with E-state index in [4.69, 9.17) is 25.8 Å². The van der Waals surface area contributed by atoms with Crippen LogP contribution in [0, 0.1) is 0 Å². The van der Waals surface area contributed by atoms with Crippen LogP contribution in [-0.2, 0) is 21.7 Å². The van der Waals surface area contributed by atoms with Crippen molar-refractivity contribution in [3.63, 3.8) is 0 Å². The third-order valence-electron chi connectivity index (χ3n) is 6.62. The lowest BCUT2D eigenvalue weighted by Crippen LogP contribution is -2.64. The molecule has 0 bridgehead atoms. The van der Waals surface area contributed by atoms with Gasteiger partial charge < -0.3 is 34.6 Å². The molecule has 2 aliphatic rings. The van der Waals surface area contributed by atoms with E-state index in [-0.39, 0.29) is 0 Å². The lowest BCUT2D eigenvalue weighted by molar-refractivity contribution is -0.366. The number of rotatable bonds is 7. The highest BCUT2D eigenvalue weighted by atomic mass is 35.5. The lowest BCUT2D eigenvalue weighted by Gasteiger charge is -2.47. The molecule has 2 aromatic carbocycles. The number of ether oxygens (including phenoxy) is 3. The van der Waals surface area contributed by atoms with Crippen LogP contribution >= 0.6 is 11.6 Å². The first-order valence-corrected chi connectivity index (χ1v) is 11.7. The van der Waals surface area contributed by atoms with Crippen LogP contribution in [0.2, 0.25) is 5.02 Å². The number of benzene rings is 2. The van der Waals surface area contributed by atoms with Crippen LogP contribution < -0.4 is 4.74 Å². The number of methoxy groups -OCH3 is 1. The summed E-state index contributed by atoms with van der Waals surface area (Å²) in [6, 6.07) is 13.0. The molecule has 2 aromatic rings. The van der Waals surface area contributed by atoms with Crippen LogP contribution in [0.15, 0.2) is 42.5 Å². The second-order valence-electron chi connectivity index (χ2n) is 8.79. The average molecular weight is 479 g/mol. The Hall–Kier alpha value is -1.71. The van der Waals surface area contributed by atoms with Gasteiger partial charge in [0.25, 0.3) is 0 Å². The first-order valence-electron chi connectivity index (χ1n) is 11.3. The Kier molecular flexibility index (Phi) is 7.60. The van der Waals surface area contributed by atoms with E-state index < -0.39 is 36.8 Å². The predicted molar refractivity (Wildman–Crippen MR) is 122 cm³/mol. The molecule has 33 heavy (non-hydrogen) atoms. The Morgan fingerprint density at radius 1 is 1.03 bits per heavy atom. The van der Waals surface area contributed by atoms with Gasteiger partial charge in [-0.2, -0.15) is 0 Å². The fourth-order valence-electron chi connectivity index (χ4n) is 4.70. The smallest absolute Gasteiger partial charge is 0.224 e. The molecule has 8 heteroatoms. The van der Waals surface area contributed by atoms with Crippen molar-refractivity contribution in [1.82, 2.24) is 0 Å². The molecule has 0 aromatic heterocycles. The molecule has 7 nitrogen and oxygen atoms in total. The van der Waals surface area contributed by atoms with Crippen LogP contribution in [0.4, 0.5) is 0 Å². The summed E-state index contributed by atoms with van der Waals surface area (Å²) in [7, 11) is 1.33. The minimum absolute atomic E-state index is 0.297. The zero-order valence-corrected chi connectivity index (χ0v) is 19.3. The first-order chi connectivity index (χ1) is 15.9. The number of aliphatic hydroxyl groups excluding tert-OH is 4. The van der Waals surface area contributed by atoms with Gasteiger partial charge in [-0.1, -0.05) is 29.8 Å². The maximum atomic E-state index is 10.7. The van der Waals surface area contributed by atoms with Crippen LogP contribution in [0.3, 0.4) is 0 Å². The van der Waals surface area contributed by atoms with Gasteiger partial charge in [0.15, 0.2) is 0 Å². The summed E-state index contributed by atoms with van der Waals surface area (Å²) in [5, 5.41) is 41.3. The van der Waals surface area contributed by atoms with Gasteiger partial charge in [-0.25, -0.2) is 0 Å². The van der Waals surface area contributed by atoms with Gasteiger partial charge in [0.1, 0.15) is 30.2 Å². The molecule has 180 valence electrons. The summed E-state index contributed by atoms with van der Waals surface area (Å²) in [6.45, 7) is -0.550. The second-order valence-corrected chi connectivity index (χ2v) is 9.19. The normalized spacial score (nSPS) is 30.5. The molecular formula is C25H31ClO7. The fraction of sp³-hybridized carbons (Fsp3) is 0.520. The van der Waals surface area contributed by atoms with Gasteiger partial charge in [-0.05, 0) is 67.5 Å². The van der Waals surface area contributed by atoms with Gasteiger partial charge in [0.05, 0.1) is 12.7 Å². The number of hydrogen-bond donors (Lipinski definition) is 4. The third kappa shape index (κ3) is 4.91. The Morgan fingerprint density at radius 3 is 2.36 bits per heavy atom. The van der Waals surface area contributed by atoms with E-state index >= 15 is 0 Å². The van der Waals surface area contributed by atoms with Gasteiger partial charge in [0, 0.05) is 17.7 Å². The van der Waals surface area contributed by atoms with E-state index in [0.717, 1.165) is 29.7 Å². The summed E-state index contributed by atoms with van der Waals surface area (Å²) in [4.78, 5) is 0. The number of aliphatic hydroxyl groups is 4. The summed E-state index contributed by atoms with van der Waals surface area (Å²) < 4.78 is 17.4.